The van der Waals surface area contributed by atoms with E-state index in [0.29, 0.717) is 26.1 Å². The van der Waals surface area contributed by atoms with Crippen molar-refractivity contribution in [2.75, 3.05) is 33.2 Å². The number of hydrogen-bond acceptors (Lipinski definition) is 3. The van der Waals surface area contributed by atoms with Gasteiger partial charge in [-0.2, -0.15) is 0 Å². The minimum atomic E-state index is -0.791. The van der Waals surface area contributed by atoms with Crippen LogP contribution in [-0.4, -0.2) is 66.0 Å². The summed E-state index contributed by atoms with van der Waals surface area (Å²) in [6, 6.07) is -0.216. The summed E-state index contributed by atoms with van der Waals surface area (Å²) in [5, 5.41) is 11.3. The van der Waals surface area contributed by atoms with E-state index in [-0.39, 0.29) is 24.9 Å². The highest BCUT2D eigenvalue weighted by atomic mass is 16.4. The van der Waals surface area contributed by atoms with Crippen molar-refractivity contribution >= 4 is 17.9 Å². The second-order valence-corrected chi connectivity index (χ2v) is 5.03. The molecule has 2 N–H and O–H groups in total. The number of nitrogens with one attached hydrogen (secondary N) is 1. The predicted octanol–water partition coefficient (Wildman–Crippen LogP) is 0.505. The number of unbranched alkanes of at least 4 members (excludes halogenated alkanes) is 2. The molecule has 3 amide bonds. The van der Waals surface area contributed by atoms with Gasteiger partial charge in [0.15, 0.2) is 0 Å². The molecule has 0 spiro atoms. The van der Waals surface area contributed by atoms with E-state index >= 15 is 0 Å². The van der Waals surface area contributed by atoms with Crippen LogP contribution in [0.1, 0.15) is 32.1 Å². The van der Waals surface area contributed by atoms with Gasteiger partial charge in [0.25, 0.3) is 0 Å². The fraction of sp³-hybridized carbons (Fsp3) is 0.769. The van der Waals surface area contributed by atoms with Gasteiger partial charge in [-0.3, -0.25) is 9.59 Å². The number of carboxylic acids is 1. The lowest BCUT2D eigenvalue weighted by molar-refractivity contribution is -0.137. The zero-order chi connectivity index (χ0) is 15.0. The van der Waals surface area contributed by atoms with Gasteiger partial charge in [-0.25, -0.2) is 4.79 Å². The first-order chi connectivity index (χ1) is 9.50. The minimum Gasteiger partial charge on any atom is -0.481 e. The molecule has 0 unspecified atom stereocenters. The smallest absolute Gasteiger partial charge is 0.317 e. The Morgan fingerprint density at radius 1 is 1.25 bits per heavy atom. The molecule has 0 aromatic rings. The predicted molar refractivity (Wildman–Crippen MR) is 73.3 cm³/mol. The first-order valence-electron chi connectivity index (χ1n) is 6.99. The average Bonchev–Trinajstić information content (AvgIpc) is 2.56. The van der Waals surface area contributed by atoms with E-state index in [2.05, 4.69) is 5.32 Å². The van der Waals surface area contributed by atoms with Gasteiger partial charge in [-0.1, -0.05) is 6.42 Å². The number of aliphatic carboxylic acids is 1. The molecule has 1 heterocycles. The molecule has 0 aromatic heterocycles. The fourth-order valence-electron chi connectivity index (χ4n) is 2.04. The second kappa shape index (κ2) is 8.39. The molecule has 0 atom stereocenters. The third kappa shape index (κ3) is 5.90. The summed E-state index contributed by atoms with van der Waals surface area (Å²) in [4.78, 5) is 37.0. The lowest BCUT2D eigenvalue weighted by Gasteiger charge is -2.20. The van der Waals surface area contributed by atoms with Crippen LogP contribution >= 0.6 is 0 Å². The van der Waals surface area contributed by atoms with E-state index in [0.717, 1.165) is 19.3 Å². The van der Waals surface area contributed by atoms with E-state index in [1.165, 1.54) is 4.90 Å². The highest BCUT2D eigenvalue weighted by molar-refractivity contribution is 5.84. The number of carboxylic acid groups (broad SMARTS) is 1. The number of urea groups is 1. The quantitative estimate of drug-likeness (QED) is 0.696. The zero-order valence-corrected chi connectivity index (χ0v) is 11.9. The van der Waals surface area contributed by atoms with Crippen molar-refractivity contribution in [3.63, 3.8) is 0 Å². The van der Waals surface area contributed by atoms with Crippen molar-refractivity contribution in [2.24, 2.45) is 0 Å². The van der Waals surface area contributed by atoms with Crippen LogP contribution in [0.2, 0.25) is 0 Å². The standard InChI is InChI=1S/C13H23N3O4/c1-15-8-5-9-16(10-11(15)17)13(20)14-7-4-2-3-6-12(18)19/h2-10H2,1H3,(H,14,20)(H,18,19). The Hall–Kier alpha value is -1.79. The Morgan fingerprint density at radius 2 is 2.00 bits per heavy atom. The van der Waals surface area contributed by atoms with Gasteiger partial charge in [0.1, 0.15) is 6.54 Å². The third-order valence-electron chi connectivity index (χ3n) is 3.30. The number of likely N-dealkylation sites (N-methyl/N-ethyl adjacent to an activating group) is 1. The van der Waals surface area contributed by atoms with Gasteiger partial charge >= 0.3 is 12.0 Å². The summed E-state index contributed by atoms with van der Waals surface area (Å²) in [6.07, 6.45) is 3.10. The molecular weight excluding hydrogens is 262 g/mol. The van der Waals surface area contributed by atoms with Crippen molar-refractivity contribution < 1.29 is 19.5 Å². The lowest BCUT2D eigenvalue weighted by Crippen LogP contribution is -2.43. The molecule has 7 heteroatoms. The van der Waals surface area contributed by atoms with Gasteiger partial charge in [0.2, 0.25) is 5.91 Å². The van der Waals surface area contributed by atoms with E-state index in [1.54, 1.807) is 11.9 Å². The Kier molecular flexibility index (Phi) is 6.83. The molecule has 1 saturated heterocycles. The fourth-order valence-corrected chi connectivity index (χ4v) is 2.04. The summed E-state index contributed by atoms with van der Waals surface area (Å²) in [7, 11) is 1.74. The Balaban J connectivity index is 2.18. The van der Waals surface area contributed by atoms with Crippen molar-refractivity contribution in [1.82, 2.24) is 15.1 Å². The molecule has 0 aromatic carbocycles. The Morgan fingerprint density at radius 3 is 2.70 bits per heavy atom. The van der Waals surface area contributed by atoms with Crippen LogP contribution in [-0.2, 0) is 9.59 Å². The molecule has 20 heavy (non-hydrogen) atoms. The monoisotopic (exact) mass is 285 g/mol. The number of carbonyl (C=O) groups excluding carboxylic acids is 2. The molecular formula is C13H23N3O4. The summed E-state index contributed by atoms with van der Waals surface area (Å²) >= 11 is 0. The Bertz CT molecular complexity index is 360. The number of amides is 3. The maximum Gasteiger partial charge on any atom is 0.317 e. The van der Waals surface area contributed by atoms with Gasteiger partial charge in [-0.15, -0.1) is 0 Å². The summed E-state index contributed by atoms with van der Waals surface area (Å²) in [5.74, 6) is -0.833. The average molecular weight is 285 g/mol. The molecule has 1 fully saturated rings. The van der Waals surface area contributed by atoms with Crippen molar-refractivity contribution in [3.8, 4) is 0 Å². The first kappa shape index (κ1) is 16.3. The molecule has 1 aliphatic heterocycles. The largest absolute Gasteiger partial charge is 0.481 e. The molecule has 1 aliphatic rings. The molecule has 1 rings (SSSR count). The minimum absolute atomic E-state index is 0.0425. The Labute approximate surface area is 118 Å². The SMILES string of the molecule is CN1CCCN(C(=O)NCCCCCC(=O)O)CC1=O. The van der Waals surface area contributed by atoms with Gasteiger partial charge in [-0.05, 0) is 19.3 Å². The molecule has 0 saturated carbocycles. The van der Waals surface area contributed by atoms with Gasteiger partial charge < -0.3 is 20.2 Å². The van der Waals surface area contributed by atoms with Crippen LogP contribution in [0, 0.1) is 0 Å². The molecule has 0 bridgehead atoms. The number of nitrogens with zero attached hydrogens (tertiary/aromatic N) is 2. The summed E-state index contributed by atoms with van der Waals surface area (Å²) < 4.78 is 0. The van der Waals surface area contributed by atoms with E-state index in [1.807, 2.05) is 0 Å². The maximum absolute atomic E-state index is 11.9. The van der Waals surface area contributed by atoms with Gasteiger partial charge in [0, 0.05) is 33.1 Å². The van der Waals surface area contributed by atoms with E-state index in [9.17, 15) is 14.4 Å². The van der Waals surface area contributed by atoms with Crippen LogP contribution in [0.3, 0.4) is 0 Å². The van der Waals surface area contributed by atoms with Crippen LogP contribution in [0.4, 0.5) is 4.79 Å². The molecule has 0 aliphatic carbocycles. The van der Waals surface area contributed by atoms with Crippen LogP contribution in [0.15, 0.2) is 0 Å². The highest BCUT2D eigenvalue weighted by Gasteiger charge is 2.22. The topological polar surface area (TPSA) is 89.9 Å². The lowest BCUT2D eigenvalue weighted by atomic mass is 10.2. The van der Waals surface area contributed by atoms with E-state index < -0.39 is 5.97 Å². The molecule has 114 valence electrons. The molecule has 7 nitrogen and oxygen atoms in total. The summed E-state index contributed by atoms with van der Waals surface area (Å²) in [5.41, 5.74) is 0. The molecule has 0 radical (unpaired) electrons. The van der Waals surface area contributed by atoms with Crippen molar-refractivity contribution in [2.45, 2.75) is 32.1 Å². The van der Waals surface area contributed by atoms with Crippen LogP contribution in [0.25, 0.3) is 0 Å². The number of carbonyl (C=O) groups is 3. The van der Waals surface area contributed by atoms with Gasteiger partial charge in [0.05, 0.1) is 0 Å². The summed E-state index contributed by atoms with van der Waals surface area (Å²) in [6.45, 7) is 1.90. The van der Waals surface area contributed by atoms with Crippen LogP contribution in [0.5, 0.6) is 0 Å². The number of hydrogen-bond donors (Lipinski definition) is 2. The normalized spacial score (nSPS) is 15.9. The van der Waals surface area contributed by atoms with Crippen molar-refractivity contribution in [1.29, 1.82) is 0 Å². The van der Waals surface area contributed by atoms with Crippen molar-refractivity contribution in [3.05, 3.63) is 0 Å². The number of rotatable bonds is 6. The third-order valence-corrected chi connectivity index (χ3v) is 3.30. The van der Waals surface area contributed by atoms with E-state index in [4.69, 9.17) is 5.11 Å². The first-order valence-corrected chi connectivity index (χ1v) is 6.99. The highest BCUT2D eigenvalue weighted by Crippen LogP contribution is 2.03. The van der Waals surface area contributed by atoms with Crippen LogP contribution < -0.4 is 5.32 Å². The maximum atomic E-state index is 11.9. The zero-order valence-electron chi connectivity index (χ0n) is 11.9. The second-order valence-electron chi connectivity index (χ2n) is 5.03.